The van der Waals surface area contributed by atoms with E-state index in [1.807, 2.05) is 4.90 Å². The Labute approximate surface area is 164 Å². The van der Waals surface area contributed by atoms with Gasteiger partial charge in [-0.3, -0.25) is 14.6 Å². The van der Waals surface area contributed by atoms with Crippen LogP contribution in [-0.4, -0.2) is 49.0 Å². The largest absolute Gasteiger partial charge is 0.493 e. The van der Waals surface area contributed by atoms with Crippen LogP contribution in [0.1, 0.15) is 40.6 Å². The second kappa shape index (κ2) is 8.73. The molecule has 1 aromatic heterocycles. The first-order valence-electron chi connectivity index (χ1n) is 9.30. The second-order valence-corrected chi connectivity index (χ2v) is 6.95. The molecule has 2 heterocycles. The van der Waals surface area contributed by atoms with Gasteiger partial charge in [0, 0.05) is 36.6 Å². The van der Waals surface area contributed by atoms with E-state index in [9.17, 15) is 9.59 Å². The van der Waals surface area contributed by atoms with Crippen LogP contribution in [0.25, 0.3) is 0 Å². The first kappa shape index (κ1) is 19.7. The third-order valence-electron chi connectivity index (χ3n) is 4.83. The van der Waals surface area contributed by atoms with E-state index in [1.165, 1.54) is 19.4 Å². The molecule has 0 radical (unpaired) electrons. The lowest BCUT2D eigenvalue weighted by molar-refractivity contribution is 0.0677. The Bertz CT molecular complexity index is 868. The molecule has 3 rings (SSSR count). The van der Waals surface area contributed by atoms with Gasteiger partial charge in [-0.25, -0.2) is 0 Å². The van der Waals surface area contributed by atoms with Crippen molar-refractivity contribution in [3.63, 3.8) is 0 Å². The number of hydrogen-bond acceptors (Lipinski definition) is 5. The third kappa shape index (κ3) is 4.42. The van der Waals surface area contributed by atoms with Gasteiger partial charge in [0.1, 0.15) is 5.69 Å². The van der Waals surface area contributed by atoms with E-state index in [4.69, 9.17) is 9.47 Å². The van der Waals surface area contributed by atoms with Crippen LogP contribution in [0.2, 0.25) is 0 Å². The molecule has 0 aliphatic carbocycles. The molecule has 0 spiro atoms. The summed E-state index contributed by atoms with van der Waals surface area (Å²) in [6.07, 6.45) is 3.61. The highest BCUT2D eigenvalue weighted by Gasteiger charge is 2.23. The maximum atomic E-state index is 12.7. The number of aromatic nitrogens is 1. The van der Waals surface area contributed by atoms with Gasteiger partial charge < -0.3 is 19.7 Å². The Balaban J connectivity index is 1.74. The summed E-state index contributed by atoms with van der Waals surface area (Å²) < 4.78 is 10.5. The molecular formula is C21H25N3O4. The Kier molecular flexibility index (Phi) is 6.13. The molecule has 1 aliphatic rings. The summed E-state index contributed by atoms with van der Waals surface area (Å²) in [5.41, 5.74) is 1.23. The third-order valence-corrected chi connectivity index (χ3v) is 4.83. The SMILES string of the molecule is COc1ccc(NC(=O)c2ccnc(C(=O)N3CCCC(C)C3)c2)cc1OC. The number of hydrogen-bond donors (Lipinski definition) is 1. The van der Waals surface area contributed by atoms with Crippen molar-refractivity contribution >= 4 is 17.5 Å². The molecule has 7 nitrogen and oxygen atoms in total. The molecular weight excluding hydrogens is 358 g/mol. The minimum atomic E-state index is -0.323. The van der Waals surface area contributed by atoms with Gasteiger partial charge in [-0.2, -0.15) is 0 Å². The van der Waals surface area contributed by atoms with Crippen LogP contribution in [0.5, 0.6) is 11.5 Å². The number of rotatable bonds is 5. The second-order valence-electron chi connectivity index (χ2n) is 6.95. The van der Waals surface area contributed by atoms with E-state index < -0.39 is 0 Å². The van der Waals surface area contributed by atoms with Crippen LogP contribution in [0.15, 0.2) is 36.5 Å². The molecule has 1 aromatic carbocycles. The number of benzene rings is 1. The molecule has 2 amide bonds. The van der Waals surface area contributed by atoms with Crippen molar-refractivity contribution in [1.82, 2.24) is 9.88 Å². The van der Waals surface area contributed by atoms with Gasteiger partial charge >= 0.3 is 0 Å². The minimum Gasteiger partial charge on any atom is -0.493 e. The van der Waals surface area contributed by atoms with Gasteiger partial charge in [-0.1, -0.05) is 6.92 Å². The summed E-state index contributed by atoms with van der Waals surface area (Å²) in [6.45, 7) is 3.59. The maximum absolute atomic E-state index is 12.7. The lowest BCUT2D eigenvalue weighted by atomic mass is 10.00. The number of amides is 2. The predicted molar refractivity (Wildman–Crippen MR) is 106 cm³/mol. The molecule has 1 saturated heterocycles. The smallest absolute Gasteiger partial charge is 0.272 e. The molecule has 1 fully saturated rings. The van der Waals surface area contributed by atoms with Crippen molar-refractivity contribution in [2.24, 2.45) is 5.92 Å². The first-order valence-corrected chi connectivity index (χ1v) is 9.30. The number of likely N-dealkylation sites (tertiary alicyclic amines) is 1. The summed E-state index contributed by atoms with van der Waals surface area (Å²) in [5, 5.41) is 2.81. The Morgan fingerprint density at radius 2 is 1.93 bits per heavy atom. The summed E-state index contributed by atoms with van der Waals surface area (Å²) in [5.74, 6) is 1.12. The van der Waals surface area contributed by atoms with Crippen LogP contribution < -0.4 is 14.8 Å². The van der Waals surface area contributed by atoms with Crippen molar-refractivity contribution < 1.29 is 19.1 Å². The zero-order valence-corrected chi connectivity index (χ0v) is 16.4. The van der Waals surface area contributed by atoms with Crippen molar-refractivity contribution in [3.8, 4) is 11.5 Å². The summed E-state index contributed by atoms with van der Waals surface area (Å²) in [7, 11) is 3.08. The van der Waals surface area contributed by atoms with Crippen LogP contribution >= 0.6 is 0 Å². The normalized spacial score (nSPS) is 16.4. The Morgan fingerprint density at radius 1 is 1.14 bits per heavy atom. The molecule has 148 valence electrons. The summed E-state index contributed by atoms with van der Waals surface area (Å²) >= 11 is 0. The molecule has 28 heavy (non-hydrogen) atoms. The highest BCUT2D eigenvalue weighted by molar-refractivity contribution is 6.05. The molecule has 1 unspecified atom stereocenters. The number of nitrogens with one attached hydrogen (secondary N) is 1. The number of carbonyl (C=O) groups excluding carboxylic acids is 2. The van der Waals surface area contributed by atoms with Crippen molar-refractivity contribution in [1.29, 1.82) is 0 Å². The van der Waals surface area contributed by atoms with Crippen molar-refractivity contribution in [3.05, 3.63) is 47.8 Å². The van der Waals surface area contributed by atoms with Gasteiger partial charge in [0.05, 0.1) is 14.2 Å². The van der Waals surface area contributed by atoms with Gasteiger partial charge in [0.15, 0.2) is 11.5 Å². The average Bonchev–Trinajstić information content (AvgIpc) is 2.73. The average molecular weight is 383 g/mol. The van der Waals surface area contributed by atoms with Gasteiger partial charge in [0.2, 0.25) is 0 Å². The van der Waals surface area contributed by atoms with Crippen LogP contribution in [0.4, 0.5) is 5.69 Å². The van der Waals surface area contributed by atoms with Gasteiger partial charge in [-0.05, 0) is 43.0 Å². The lowest BCUT2D eigenvalue weighted by Gasteiger charge is -2.30. The predicted octanol–water partition coefficient (Wildman–Crippen LogP) is 3.22. The number of anilines is 1. The number of nitrogens with zero attached hydrogens (tertiary/aromatic N) is 2. The summed E-state index contributed by atoms with van der Waals surface area (Å²) in [4.78, 5) is 31.4. The number of carbonyl (C=O) groups is 2. The lowest BCUT2D eigenvalue weighted by Crippen LogP contribution is -2.39. The number of methoxy groups -OCH3 is 2. The standard InChI is InChI=1S/C21H25N3O4/c1-14-5-4-10-24(13-14)21(26)17-11-15(8-9-22-17)20(25)23-16-6-7-18(27-2)19(12-16)28-3/h6-9,11-12,14H,4-5,10,13H2,1-3H3,(H,23,25). The van der Waals surface area contributed by atoms with Crippen molar-refractivity contribution in [2.45, 2.75) is 19.8 Å². The zero-order chi connectivity index (χ0) is 20.1. The molecule has 0 bridgehead atoms. The van der Waals surface area contributed by atoms with E-state index in [-0.39, 0.29) is 17.5 Å². The molecule has 1 N–H and O–H groups in total. The van der Waals surface area contributed by atoms with Crippen LogP contribution in [0.3, 0.4) is 0 Å². The molecule has 7 heteroatoms. The molecule has 0 saturated carbocycles. The van der Waals surface area contributed by atoms with Crippen LogP contribution in [0, 0.1) is 5.92 Å². The fourth-order valence-electron chi connectivity index (χ4n) is 3.34. The van der Waals surface area contributed by atoms with Crippen LogP contribution in [-0.2, 0) is 0 Å². The monoisotopic (exact) mass is 383 g/mol. The fraction of sp³-hybridized carbons (Fsp3) is 0.381. The van der Waals surface area contributed by atoms with Gasteiger partial charge in [-0.15, -0.1) is 0 Å². The maximum Gasteiger partial charge on any atom is 0.272 e. The Morgan fingerprint density at radius 3 is 2.64 bits per heavy atom. The van der Waals surface area contributed by atoms with Gasteiger partial charge in [0.25, 0.3) is 11.8 Å². The first-order chi connectivity index (χ1) is 13.5. The van der Waals surface area contributed by atoms with E-state index in [0.29, 0.717) is 28.7 Å². The quantitative estimate of drug-likeness (QED) is 0.857. The number of pyridine rings is 1. The topological polar surface area (TPSA) is 80.8 Å². The number of ether oxygens (including phenoxy) is 2. The fourth-order valence-corrected chi connectivity index (χ4v) is 3.34. The minimum absolute atomic E-state index is 0.132. The molecule has 2 aromatic rings. The van der Waals surface area contributed by atoms with E-state index in [0.717, 1.165) is 25.9 Å². The molecule has 1 atom stereocenters. The Hall–Kier alpha value is -3.09. The van der Waals surface area contributed by atoms with E-state index >= 15 is 0 Å². The summed E-state index contributed by atoms with van der Waals surface area (Å²) in [6, 6.07) is 8.25. The van der Waals surface area contributed by atoms with Crippen molar-refractivity contribution in [2.75, 3.05) is 32.6 Å². The highest BCUT2D eigenvalue weighted by Crippen LogP contribution is 2.30. The van der Waals surface area contributed by atoms with E-state index in [2.05, 4.69) is 17.2 Å². The number of piperidine rings is 1. The van der Waals surface area contributed by atoms with E-state index in [1.54, 1.807) is 31.4 Å². The zero-order valence-electron chi connectivity index (χ0n) is 16.4. The highest BCUT2D eigenvalue weighted by atomic mass is 16.5. The molecule has 1 aliphatic heterocycles.